The van der Waals surface area contributed by atoms with E-state index in [9.17, 15) is 14.4 Å². The maximum atomic E-state index is 12.2. The van der Waals surface area contributed by atoms with Crippen molar-refractivity contribution in [3.05, 3.63) is 59.7 Å². The standard InChI is InChI=1S/C27H32N2O5/c30-25(29-24-13-7-8-18(24)16-26(31)32)14-5-6-15-28-27(33)34-17-23-21-11-3-1-9-19(21)20-10-2-4-12-22(20)23/h1-4,9-12,18,23-24H,5-8,13-17H2,(H,28,33)(H,29,30)(H,31,32). The summed E-state index contributed by atoms with van der Waals surface area (Å²) in [6.45, 7) is 0.718. The van der Waals surface area contributed by atoms with E-state index in [1.165, 1.54) is 22.3 Å². The molecule has 7 heteroatoms. The van der Waals surface area contributed by atoms with Crippen LogP contribution in [0.25, 0.3) is 11.1 Å². The molecule has 2 aliphatic carbocycles. The van der Waals surface area contributed by atoms with Gasteiger partial charge in [-0.1, -0.05) is 55.0 Å². The molecular weight excluding hydrogens is 432 g/mol. The van der Waals surface area contributed by atoms with Crippen LogP contribution in [-0.4, -0.2) is 42.3 Å². The number of hydrogen-bond acceptors (Lipinski definition) is 4. The maximum absolute atomic E-state index is 12.2. The second kappa shape index (κ2) is 11.2. The second-order valence-electron chi connectivity index (χ2n) is 9.17. The fraction of sp³-hybridized carbons (Fsp3) is 0.444. The smallest absolute Gasteiger partial charge is 0.407 e. The predicted molar refractivity (Wildman–Crippen MR) is 128 cm³/mol. The Morgan fingerprint density at radius 3 is 2.29 bits per heavy atom. The normalized spacial score (nSPS) is 18.7. The Bertz CT molecular complexity index is 992. The first-order chi connectivity index (χ1) is 16.5. The van der Waals surface area contributed by atoms with Gasteiger partial charge in [0.2, 0.25) is 5.91 Å². The first-order valence-corrected chi connectivity index (χ1v) is 12.1. The van der Waals surface area contributed by atoms with Crippen LogP contribution in [-0.2, 0) is 14.3 Å². The summed E-state index contributed by atoms with van der Waals surface area (Å²) in [5, 5.41) is 14.8. The van der Waals surface area contributed by atoms with Gasteiger partial charge in [0.1, 0.15) is 6.61 Å². The quantitative estimate of drug-likeness (QED) is 0.451. The minimum Gasteiger partial charge on any atom is -0.481 e. The lowest BCUT2D eigenvalue weighted by Gasteiger charge is -2.19. The first kappa shape index (κ1) is 23.8. The number of nitrogens with one attached hydrogen (secondary N) is 2. The van der Waals surface area contributed by atoms with E-state index in [2.05, 4.69) is 34.9 Å². The van der Waals surface area contributed by atoms with Gasteiger partial charge in [-0.15, -0.1) is 0 Å². The molecule has 1 saturated carbocycles. The van der Waals surface area contributed by atoms with Gasteiger partial charge in [-0.05, 0) is 53.9 Å². The van der Waals surface area contributed by atoms with E-state index in [0.717, 1.165) is 19.3 Å². The van der Waals surface area contributed by atoms with Crippen molar-refractivity contribution in [3.8, 4) is 11.1 Å². The Kier molecular flexibility index (Phi) is 7.83. The third kappa shape index (κ3) is 5.76. The van der Waals surface area contributed by atoms with E-state index in [1.54, 1.807) is 0 Å². The van der Waals surface area contributed by atoms with Crippen molar-refractivity contribution in [1.82, 2.24) is 10.6 Å². The molecule has 2 unspecified atom stereocenters. The highest BCUT2D eigenvalue weighted by Gasteiger charge is 2.30. The second-order valence-corrected chi connectivity index (χ2v) is 9.17. The number of carboxylic acid groups (broad SMARTS) is 1. The van der Waals surface area contributed by atoms with Gasteiger partial charge in [-0.3, -0.25) is 9.59 Å². The van der Waals surface area contributed by atoms with Crippen LogP contribution in [0.4, 0.5) is 4.79 Å². The lowest BCUT2D eigenvalue weighted by Crippen LogP contribution is -2.38. The molecule has 2 aromatic carbocycles. The Morgan fingerprint density at radius 1 is 0.941 bits per heavy atom. The van der Waals surface area contributed by atoms with Crippen molar-refractivity contribution >= 4 is 18.0 Å². The zero-order valence-corrected chi connectivity index (χ0v) is 19.3. The highest BCUT2D eigenvalue weighted by Crippen LogP contribution is 2.44. The highest BCUT2D eigenvalue weighted by atomic mass is 16.5. The van der Waals surface area contributed by atoms with Crippen LogP contribution >= 0.6 is 0 Å². The zero-order valence-electron chi connectivity index (χ0n) is 19.3. The van der Waals surface area contributed by atoms with Crippen molar-refractivity contribution in [2.24, 2.45) is 5.92 Å². The molecule has 4 rings (SSSR count). The molecule has 0 radical (unpaired) electrons. The average molecular weight is 465 g/mol. The molecule has 3 N–H and O–H groups in total. The third-order valence-corrected chi connectivity index (χ3v) is 6.89. The zero-order chi connectivity index (χ0) is 23.9. The lowest BCUT2D eigenvalue weighted by molar-refractivity contribution is -0.138. The number of hydrogen-bond donors (Lipinski definition) is 3. The van der Waals surface area contributed by atoms with Gasteiger partial charge in [-0.2, -0.15) is 0 Å². The minimum absolute atomic E-state index is 0.0247. The first-order valence-electron chi connectivity index (χ1n) is 12.1. The Labute approximate surface area is 199 Å². The van der Waals surface area contributed by atoms with Crippen LogP contribution in [0.5, 0.6) is 0 Å². The van der Waals surface area contributed by atoms with Crippen molar-refractivity contribution < 1.29 is 24.2 Å². The van der Waals surface area contributed by atoms with Crippen molar-refractivity contribution in [2.45, 2.75) is 56.9 Å². The summed E-state index contributed by atoms with van der Waals surface area (Å²) < 4.78 is 5.52. The number of aliphatic carboxylic acids is 1. The molecule has 0 saturated heterocycles. The summed E-state index contributed by atoms with van der Waals surface area (Å²) in [6.07, 6.45) is 3.97. The molecule has 1 fully saturated rings. The molecule has 7 nitrogen and oxygen atoms in total. The number of amides is 2. The fourth-order valence-corrected chi connectivity index (χ4v) is 5.22. The molecule has 34 heavy (non-hydrogen) atoms. The monoisotopic (exact) mass is 464 g/mol. The van der Waals surface area contributed by atoms with Crippen LogP contribution in [0.1, 0.15) is 62.0 Å². The van der Waals surface area contributed by atoms with Crippen LogP contribution in [0, 0.1) is 5.92 Å². The SMILES string of the molecule is O=C(O)CC1CCCC1NC(=O)CCCCNC(=O)OCC1c2ccccc2-c2ccccc21. The third-order valence-electron chi connectivity index (χ3n) is 6.89. The number of ether oxygens (including phenoxy) is 1. The summed E-state index contributed by atoms with van der Waals surface area (Å²) in [4.78, 5) is 35.4. The van der Waals surface area contributed by atoms with E-state index in [-0.39, 0.29) is 36.8 Å². The molecular formula is C27H32N2O5. The molecule has 0 bridgehead atoms. The average Bonchev–Trinajstić information content (AvgIpc) is 3.38. The van der Waals surface area contributed by atoms with E-state index in [0.29, 0.717) is 25.8 Å². The van der Waals surface area contributed by atoms with E-state index in [4.69, 9.17) is 9.84 Å². The number of fused-ring (bicyclic) bond motifs is 3. The van der Waals surface area contributed by atoms with Crippen LogP contribution in [0.15, 0.2) is 48.5 Å². The number of unbranched alkanes of at least 4 members (excludes halogenated alkanes) is 1. The molecule has 0 spiro atoms. The Morgan fingerprint density at radius 2 is 1.62 bits per heavy atom. The summed E-state index contributed by atoms with van der Waals surface area (Å²) in [6, 6.07) is 16.4. The topological polar surface area (TPSA) is 105 Å². The Balaban J connectivity index is 1.14. The Hall–Kier alpha value is -3.35. The van der Waals surface area contributed by atoms with Gasteiger partial charge < -0.3 is 20.5 Å². The minimum atomic E-state index is -0.814. The molecule has 2 aromatic rings. The highest BCUT2D eigenvalue weighted by molar-refractivity contribution is 5.79. The molecule has 0 aromatic heterocycles. The molecule has 180 valence electrons. The summed E-state index contributed by atoms with van der Waals surface area (Å²) in [7, 11) is 0. The van der Waals surface area contributed by atoms with Crippen LogP contribution in [0.3, 0.4) is 0 Å². The van der Waals surface area contributed by atoms with Gasteiger partial charge >= 0.3 is 12.1 Å². The summed E-state index contributed by atoms with van der Waals surface area (Å²) in [5.74, 6) is -0.812. The number of carboxylic acids is 1. The number of alkyl carbamates (subject to hydrolysis) is 1. The number of carbonyl (C=O) groups is 3. The van der Waals surface area contributed by atoms with E-state index in [1.807, 2.05) is 24.3 Å². The van der Waals surface area contributed by atoms with Crippen LogP contribution in [0.2, 0.25) is 0 Å². The lowest BCUT2D eigenvalue weighted by atomic mass is 9.98. The largest absolute Gasteiger partial charge is 0.481 e. The van der Waals surface area contributed by atoms with Gasteiger partial charge in [0.25, 0.3) is 0 Å². The molecule has 2 atom stereocenters. The number of benzene rings is 2. The predicted octanol–water partition coefficient (Wildman–Crippen LogP) is 4.46. The van der Waals surface area contributed by atoms with E-state index >= 15 is 0 Å². The van der Waals surface area contributed by atoms with Crippen molar-refractivity contribution in [2.75, 3.05) is 13.2 Å². The van der Waals surface area contributed by atoms with Crippen LogP contribution < -0.4 is 10.6 Å². The van der Waals surface area contributed by atoms with Crippen molar-refractivity contribution in [3.63, 3.8) is 0 Å². The van der Waals surface area contributed by atoms with Gasteiger partial charge in [0.15, 0.2) is 0 Å². The maximum Gasteiger partial charge on any atom is 0.407 e. The van der Waals surface area contributed by atoms with E-state index < -0.39 is 12.1 Å². The van der Waals surface area contributed by atoms with Gasteiger partial charge in [0.05, 0.1) is 6.42 Å². The van der Waals surface area contributed by atoms with Gasteiger partial charge in [0, 0.05) is 24.9 Å². The molecule has 0 heterocycles. The molecule has 2 amide bonds. The number of carbonyl (C=O) groups excluding carboxylic acids is 2. The fourth-order valence-electron chi connectivity index (χ4n) is 5.22. The molecule has 2 aliphatic rings. The number of rotatable bonds is 10. The van der Waals surface area contributed by atoms with Crippen molar-refractivity contribution in [1.29, 1.82) is 0 Å². The molecule has 0 aliphatic heterocycles. The van der Waals surface area contributed by atoms with Gasteiger partial charge in [-0.25, -0.2) is 4.79 Å². The summed E-state index contributed by atoms with van der Waals surface area (Å²) >= 11 is 0. The summed E-state index contributed by atoms with van der Waals surface area (Å²) in [5.41, 5.74) is 4.74.